The first-order valence-electron chi connectivity index (χ1n) is 8.41. The van der Waals surface area contributed by atoms with Gasteiger partial charge in [-0.3, -0.25) is 14.4 Å². The van der Waals surface area contributed by atoms with E-state index in [2.05, 4.69) is 17.9 Å². The monoisotopic (exact) mass is 378 g/mol. The lowest BCUT2D eigenvalue weighted by atomic mass is 10.0. The summed E-state index contributed by atoms with van der Waals surface area (Å²) in [5.74, 6) is -3.97. The zero-order valence-electron chi connectivity index (χ0n) is 15.3. The Morgan fingerprint density at radius 3 is 2.20 bits per heavy atom. The molecule has 0 spiro atoms. The minimum Gasteiger partial charge on any atom is -0.480 e. The number of thiol groups is 1. The first-order valence-corrected chi connectivity index (χ1v) is 8.59. The molecule has 0 rings (SSSR count). The molecule has 144 valence electrons. The molecule has 0 bridgehead atoms. The van der Waals surface area contributed by atoms with Crippen molar-refractivity contribution < 1.29 is 30.8 Å². The molecule has 0 aliphatic heterocycles. The van der Waals surface area contributed by atoms with E-state index in [1.807, 2.05) is 0 Å². The van der Waals surface area contributed by atoms with Crippen molar-refractivity contribution in [3.05, 3.63) is 0 Å². The quantitative estimate of drug-likeness (QED) is 0.252. The van der Waals surface area contributed by atoms with E-state index in [0.717, 1.165) is 0 Å². The number of rotatable bonds is 12. The Morgan fingerprint density at radius 2 is 1.76 bits per heavy atom. The molecule has 6 N–H and O–H groups in total. The third-order valence-electron chi connectivity index (χ3n) is 3.46. The second-order valence-electron chi connectivity index (χ2n) is 5.96. The van der Waals surface area contributed by atoms with Crippen LogP contribution in [0.15, 0.2) is 0 Å². The van der Waals surface area contributed by atoms with Crippen molar-refractivity contribution in [3.8, 4) is 0 Å². The minimum absolute atomic E-state index is 0.0623. The van der Waals surface area contributed by atoms with Gasteiger partial charge in [-0.05, 0) is 30.9 Å². The molecule has 0 aliphatic rings. The first-order chi connectivity index (χ1) is 12.0. The second-order valence-corrected chi connectivity index (χ2v) is 6.40. The normalized spacial score (nSPS) is 15.0. The molecular weight excluding hydrogens is 350 g/mol. The molecule has 25 heavy (non-hydrogen) atoms. The van der Waals surface area contributed by atoms with E-state index in [-0.39, 0.29) is 37.4 Å². The maximum absolute atomic E-state index is 12.3. The Labute approximate surface area is 153 Å². The van der Waals surface area contributed by atoms with E-state index in [1.165, 1.54) is 0 Å². The summed E-state index contributed by atoms with van der Waals surface area (Å²) in [6, 6.07) is -3.42. The van der Waals surface area contributed by atoms with Gasteiger partial charge in [-0.2, -0.15) is 12.6 Å². The number of hydrogen-bond acceptors (Lipinski definition) is 6. The molecule has 0 saturated heterocycles. The summed E-state index contributed by atoms with van der Waals surface area (Å²) in [5, 5.41) is 20.7. The second kappa shape index (κ2) is 11.7. The molecule has 9 nitrogen and oxygen atoms in total. The fourth-order valence-corrected chi connectivity index (χ4v) is 2.22. The van der Waals surface area contributed by atoms with E-state index >= 15 is 0 Å². The van der Waals surface area contributed by atoms with Crippen molar-refractivity contribution in [3.63, 3.8) is 0 Å². The topological polar surface area (TPSA) is 159 Å². The van der Waals surface area contributed by atoms with Crippen molar-refractivity contribution in [2.24, 2.45) is 11.7 Å². The van der Waals surface area contributed by atoms with Crippen LogP contribution in [0, 0.1) is 5.92 Å². The smallest absolute Gasteiger partial charge is 0.326 e. The molecule has 0 fully saturated rings. The fourth-order valence-electron chi connectivity index (χ4n) is 1.97. The van der Waals surface area contributed by atoms with Gasteiger partial charge in [0, 0.05) is 6.42 Å². The highest BCUT2D eigenvalue weighted by atomic mass is 32.1. The molecule has 10 heteroatoms. The number of carbonyl (C=O) groups excluding carboxylic acids is 2. The summed E-state index contributed by atoms with van der Waals surface area (Å²) in [7, 11) is 0. The van der Waals surface area contributed by atoms with Gasteiger partial charge < -0.3 is 26.6 Å². The van der Waals surface area contributed by atoms with Crippen molar-refractivity contribution in [2.45, 2.75) is 57.7 Å². The van der Waals surface area contributed by atoms with Crippen LogP contribution in [0.5, 0.6) is 0 Å². The van der Waals surface area contributed by atoms with E-state index < -0.39 is 41.9 Å². The number of aliphatic carboxylic acids is 2. The molecule has 2 amide bonds. The zero-order valence-corrected chi connectivity index (χ0v) is 15.2. The van der Waals surface area contributed by atoms with Gasteiger partial charge in [0.25, 0.3) is 0 Å². The van der Waals surface area contributed by atoms with E-state index in [9.17, 15) is 19.2 Å². The predicted octanol–water partition coefficient (Wildman–Crippen LogP) is -0.401. The molecule has 0 aromatic carbocycles. The Balaban J connectivity index is 4.88. The molecule has 0 radical (unpaired) electrons. The van der Waals surface area contributed by atoms with Crippen LogP contribution in [-0.4, -0.2) is 57.8 Å². The van der Waals surface area contributed by atoms with Crippen molar-refractivity contribution >= 4 is 36.4 Å². The first kappa shape index (κ1) is 21.2. The number of nitrogens with one attached hydrogen (secondary N) is 2. The molecule has 0 aromatic rings. The SMILES string of the molecule is [2H]N(C(=O)CCCC(N)C(=O)O)[C@@H](CCS)C(=O)N[C@H](C(=O)O)C(C)C. The van der Waals surface area contributed by atoms with Crippen LogP contribution in [-0.2, 0) is 19.2 Å². The summed E-state index contributed by atoms with van der Waals surface area (Å²) >= 11 is 4.01. The largest absolute Gasteiger partial charge is 0.480 e. The summed E-state index contributed by atoms with van der Waals surface area (Å²) in [6.07, 6.45) is 0.143. The van der Waals surface area contributed by atoms with Gasteiger partial charge in [0.15, 0.2) is 1.41 Å². The Kier molecular flexibility index (Phi) is 9.93. The van der Waals surface area contributed by atoms with Crippen LogP contribution in [0.3, 0.4) is 0 Å². The number of hydrogen-bond donors (Lipinski definition) is 6. The molecule has 3 atom stereocenters. The number of carbonyl (C=O) groups is 4. The van der Waals surface area contributed by atoms with Crippen LogP contribution < -0.4 is 16.4 Å². The van der Waals surface area contributed by atoms with Gasteiger partial charge in [0.1, 0.15) is 18.1 Å². The Bertz CT molecular complexity index is 520. The lowest BCUT2D eigenvalue weighted by Gasteiger charge is -2.23. The average molecular weight is 378 g/mol. The van der Waals surface area contributed by atoms with Crippen molar-refractivity contribution in [2.75, 3.05) is 5.75 Å². The van der Waals surface area contributed by atoms with Gasteiger partial charge in [-0.1, -0.05) is 13.8 Å². The highest BCUT2D eigenvalue weighted by Gasteiger charge is 2.28. The van der Waals surface area contributed by atoms with Gasteiger partial charge in [0.2, 0.25) is 11.8 Å². The summed E-state index contributed by atoms with van der Waals surface area (Å²) < 4.78 is 7.89. The lowest BCUT2D eigenvalue weighted by molar-refractivity contribution is -0.143. The fraction of sp³-hybridized carbons (Fsp3) is 0.733. The van der Waals surface area contributed by atoms with Crippen molar-refractivity contribution in [1.82, 2.24) is 10.6 Å². The lowest BCUT2D eigenvalue weighted by Crippen LogP contribution is -2.53. The number of carboxylic acid groups (broad SMARTS) is 2. The zero-order chi connectivity index (χ0) is 20.4. The van der Waals surface area contributed by atoms with Gasteiger partial charge in [0.05, 0.1) is 0 Å². The summed E-state index contributed by atoms with van der Waals surface area (Å²) in [6.45, 7) is 3.25. The number of nitrogens with two attached hydrogens (primary N) is 1. The van der Waals surface area contributed by atoms with Crippen molar-refractivity contribution in [1.29, 1.82) is 0 Å². The Morgan fingerprint density at radius 1 is 1.16 bits per heavy atom. The van der Waals surface area contributed by atoms with Crippen LogP contribution in [0.25, 0.3) is 0 Å². The van der Waals surface area contributed by atoms with Crippen LogP contribution >= 0.6 is 12.6 Å². The maximum Gasteiger partial charge on any atom is 0.326 e. The molecule has 1 unspecified atom stereocenters. The highest BCUT2D eigenvalue weighted by Crippen LogP contribution is 2.05. The molecular formula is C15H27N3O6S. The van der Waals surface area contributed by atoms with E-state index in [1.54, 1.807) is 13.8 Å². The van der Waals surface area contributed by atoms with Gasteiger partial charge in [-0.15, -0.1) is 0 Å². The van der Waals surface area contributed by atoms with Crippen LogP contribution in [0.2, 0.25) is 1.41 Å². The predicted molar refractivity (Wildman–Crippen MR) is 94.3 cm³/mol. The van der Waals surface area contributed by atoms with Gasteiger partial charge >= 0.3 is 11.9 Å². The average Bonchev–Trinajstić information content (AvgIpc) is 2.55. The van der Waals surface area contributed by atoms with E-state index in [4.69, 9.17) is 17.4 Å². The van der Waals surface area contributed by atoms with E-state index in [0.29, 0.717) is 5.31 Å². The summed E-state index contributed by atoms with van der Waals surface area (Å²) in [4.78, 5) is 46.3. The molecule has 0 heterocycles. The highest BCUT2D eigenvalue weighted by molar-refractivity contribution is 7.80. The maximum atomic E-state index is 12.3. The number of amides is 2. The van der Waals surface area contributed by atoms with Crippen LogP contribution in [0.4, 0.5) is 0 Å². The third-order valence-corrected chi connectivity index (χ3v) is 3.72. The van der Waals surface area contributed by atoms with Gasteiger partial charge in [-0.25, -0.2) is 4.79 Å². The molecule has 0 saturated carbocycles. The third kappa shape index (κ3) is 9.30. The summed E-state index contributed by atoms with van der Waals surface area (Å²) in [5.41, 5.74) is 5.34. The standard InChI is InChI=1S/C15H27N3O6S/c1-8(2)12(15(23)24)18-13(20)10(6-7-25)17-11(19)5-3-4-9(16)14(21)22/h8-10,12,25H,3-7,16H2,1-2H3,(H,17,19)(H,18,20)(H,21,22)(H,23,24)/t9?,10-,12-/m0/s1/i/hD. The minimum atomic E-state index is -1.21. The molecule has 0 aliphatic carbocycles. The molecule has 0 aromatic heterocycles. The van der Waals surface area contributed by atoms with Crippen LogP contribution in [0.1, 0.15) is 39.5 Å². The number of carboxylic acids is 2. The Hall–Kier alpha value is -1.81.